The van der Waals surface area contributed by atoms with E-state index < -0.39 is 0 Å². The summed E-state index contributed by atoms with van der Waals surface area (Å²) in [6, 6.07) is 56.9. The molecule has 12 aromatic heterocycles. The van der Waals surface area contributed by atoms with E-state index in [0.29, 0.717) is 79.5 Å². The van der Waals surface area contributed by atoms with Crippen LogP contribution in [0.5, 0.6) is 5.75 Å². The van der Waals surface area contributed by atoms with E-state index in [1.165, 1.54) is 0 Å². The predicted octanol–water partition coefficient (Wildman–Crippen LogP) is 29.6. The lowest BCUT2D eigenvalue weighted by molar-refractivity contribution is 0.245. The number of fused-ring (bicyclic) bond motifs is 6. The van der Waals surface area contributed by atoms with Crippen LogP contribution in [0.2, 0.25) is 5.02 Å². The highest BCUT2D eigenvalue weighted by Crippen LogP contribution is 2.36. The maximum atomic E-state index is 12.2. The molecule has 0 radical (unpaired) electrons. The third-order valence-electron chi connectivity index (χ3n) is 19.9. The van der Waals surface area contributed by atoms with Crippen LogP contribution in [0.4, 0.5) is 11.6 Å². The first-order valence-electron chi connectivity index (χ1n) is 50.0. The van der Waals surface area contributed by atoms with Gasteiger partial charge in [0, 0.05) is 134 Å². The first kappa shape index (κ1) is 116. The highest BCUT2D eigenvalue weighted by atomic mass is 35.5. The van der Waals surface area contributed by atoms with Gasteiger partial charge in [-0.2, -0.15) is 5.10 Å². The van der Waals surface area contributed by atoms with E-state index in [-0.39, 0.29) is 33.2 Å². The fraction of sp³-hybridized carbons (Fsp3) is 0.361. The normalized spacial score (nSPS) is 10.9. The molecule has 0 aliphatic carbocycles. The maximum absolute atomic E-state index is 12.2. The third-order valence-corrected chi connectivity index (χ3v) is 21.3. The number of nitrogens with one attached hydrogen (secondary N) is 7. The zero-order valence-corrected chi connectivity index (χ0v) is 92.7. The molecule has 24 nitrogen and oxygen atoms in total. The predicted molar refractivity (Wildman–Crippen MR) is 613 cm³/mol. The number of H-pyrrole nitrogens is 5. The number of thiazole rings is 1. The van der Waals surface area contributed by atoms with Crippen molar-refractivity contribution in [2.45, 2.75) is 259 Å². The van der Waals surface area contributed by atoms with Gasteiger partial charge in [-0.25, -0.2) is 39.6 Å². The summed E-state index contributed by atoms with van der Waals surface area (Å²) in [5.74, 6) is 8.69. The molecule has 0 saturated heterocycles. The molecule has 18 aromatic rings. The molecule has 766 valence electrons. The van der Waals surface area contributed by atoms with Crippen molar-refractivity contribution in [3.63, 3.8) is 0 Å². The van der Waals surface area contributed by atoms with Crippen LogP contribution in [-0.4, -0.2) is 97.6 Å². The number of anilines is 2. The van der Waals surface area contributed by atoms with E-state index in [0.717, 1.165) is 175 Å². The van der Waals surface area contributed by atoms with E-state index in [4.69, 9.17) is 26.3 Å². The summed E-state index contributed by atoms with van der Waals surface area (Å²) in [7, 11) is 0. The van der Waals surface area contributed by atoms with Gasteiger partial charge in [0.05, 0.1) is 84.1 Å². The van der Waals surface area contributed by atoms with Gasteiger partial charge in [-0.15, -0.1) is 16.4 Å². The Balaban J connectivity index is 0.000000205. The molecule has 0 spiro atoms. The molecule has 0 aliphatic heterocycles. The van der Waals surface area contributed by atoms with Crippen molar-refractivity contribution in [1.82, 2.24) is 79.4 Å². The fourth-order valence-corrected chi connectivity index (χ4v) is 14.8. The number of hydrogen-bond acceptors (Lipinski definition) is 18. The van der Waals surface area contributed by atoms with E-state index in [1.807, 2.05) is 238 Å². The van der Waals surface area contributed by atoms with Crippen molar-refractivity contribution in [1.29, 1.82) is 0 Å². The van der Waals surface area contributed by atoms with E-state index in [1.54, 1.807) is 58.7 Å². The lowest BCUT2D eigenvalue weighted by Gasteiger charge is -2.15. The Morgan fingerprint density at radius 3 is 1.15 bits per heavy atom. The Morgan fingerprint density at radius 1 is 0.359 bits per heavy atom. The molecular formula is C119H151ClN18O6S. The van der Waals surface area contributed by atoms with Crippen LogP contribution >= 0.6 is 22.9 Å². The largest absolute Gasteiger partial charge is 0.490 e. The molecule has 0 bridgehead atoms. The van der Waals surface area contributed by atoms with Gasteiger partial charge >= 0.3 is 0 Å². The monoisotopic (exact) mass is 2000 g/mol. The third kappa shape index (κ3) is 36.6. The molecule has 6 aromatic carbocycles. The van der Waals surface area contributed by atoms with Crippen molar-refractivity contribution in [3.8, 4) is 68.1 Å². The Hall–Kier alpha value is -14.2. The molecule has 26 heteroatoms. The van der Waals surface area contributed by atoms with Gasteiger partial charge < -0.3 is 40.3 Å². The van der Waals surface area contributed by atoms with Crippen LogP contribution in [0.25, 0.3) is 128 Å². The molecule has 0 fully saturated rings. The van der Waals surface area contributed by atoms with Crippen molar-refractivity contribution < 1.29 is 4.74 Å². The Labute approximate surface area is 864 Å². The van der Waals surface area contributed by atoms with E-state index in [2.05, 4.69) is 235 Å². The number of hydrogen-bond donors (Lipinski definition) is 7. The molecule has 0 aliphatic rings. The molecular weight excluding hydrogens is 1840 g/mol. The first-order valence-corrected chi connectivity index (χ1v) is 51.3. The van der Waals surface area contributed by atoms with Crippen molar-refractivity contribution in [2.24, 2.45) is 29.6 Å². The number of benzene rings is 6. The minimum atomic E-state index is -0.0196. The van der Waals surface area contributed by atoms with Gasteiger partial charge in [0.1, 0.15) is 33.9 Å². The van der Waals surface area contributed by atoms with Crippen LogP contribution in [0.3, 0.4) is 0 Å². The topological polar surface area (TPSA) is 323 Å². The Morgan fingerprint density at radius 2 is 0.752 bits per heavy atom. The molecule has 12 heterocycles. The second-order valence-electron chi connectivity index (χ2n) is 41.1. The number of rotatable bonds is 14. The van der Waals surface area contributed by atoms with Gasteiger partial charge in [0.15, 0.2) is 38.8 Å². The van der Waals surface area contributed by atoms with Gasteiger partial charge in [-0.1, -0.05) is 172 Å². The van der Waals surface area contributed by atoms with Crippen molar-refractivity contribution in [2.75, 3.05) is 10.6 Å². The number of halogens is 1. The lowest BCUT2D eigenvalue weighted by Crippen LogP contribution is -2.11. The van der Waals surface area contributed by atoms with Crippen LogP contribution in [0.15, 0.2) is 236 Å². The Kier molecular flexibility index (Phi) is 44.1. The zero-order chi connectivity index (χ0) is 107. The summed E-state index contributed by atoms with van der Waals surface area (Å²) in [6.45, 7) is 69.0. The van der Waals surface area contributed by atoms with Crippen molar-refractivity contribution in [3.05, 3.63) is 319 Å². The average Bonchev–Trinajstić information content (AvgIpc) is 1.04. The van der Waals surface area contributed by atoms with Crippen LogP contribution in [0, 0.1) is 85.0 Å². The molecule has 7 N–H and O–H groups in total. The van der Waals surface area contributed by atoms with Gasteiger partial charge in [-0.05, 0) is 277 Å². The minimum Gasteiger partial charge on any atom is -0.490 e. The summed E-state index contributed by atoms with van der Waals surface area (Å²) in [5.41, 5.74) is 19.4. The number of aromatic nitrogens is 16. The standard InChI is InChI=1S/C21H24ClN3O.C16H18N4O.C16H17N3O.C16H16N2OS.2C15H13N3O.5C4H10/c1-12(2)23-19-8-6-7-16(24-19)17-11-18(26-13(3)4)15-10-9-14(5)20(22)21(15)25-17;1-10(2)17-15-6-7-20(19-15)16-9-14(21)12-5-4-11(3)8-13(12)18-16;1-10(2)19-7-6-13(18-19)15-9-16(20)12-5-4-11(3)8-14(12)17-15;1-9(2)14-8-20-16(18-14)13-7-15(19)11-5-4-10(3)6-12(11)17-13;2*1-9-3-4-11-12(7-9)18-13(8-14(11)19)15-16-6-5-10(2)17-15;5*1-4(2)3/h6-13H,1-5H3,(H,23,24);4-10H,1-3H3,(H,17,19)(H,18,21);4-10H,1-3H3,(H,17,20);4-9H,1-3H3,(H,17,19);2*3-8H,1-2H3,(H,18,19);5*4H,1-3H3. The van der Waals surface area contributed by atoms with Gasteiger partial charge in [-0.3, -0.25) is 28.7 Å². The number of aryl methyl sites for hydroxylation is 8. The lowest BCUT2D eigenvalue weighted by atomic mass is 10.1. The second kappa shape index (κ2) is 55.1. The van der Waals surface area contributed by atoms with Gasteiger partial charge in [0.25, 0.3) is 0 Å². The number of aromatic amines is 5. The van der Waals surface area contributed by atoms with Gasteiger partial charge in [0.2, 0.25) is 0 Å². The summed E-state index contributed by atoms with van der Waals surface area (Å²) in [6.07, 6.45) is 7.19. The molecule has 145 heavy (non-hydrogen) atoms. The molecule has 0 amide bonds. The van der Waals surface area contributed by atoms with Crippen LogP contribution < -0.4 is 42.5 Å². The van der Waals surface area contributed by atoms with E-state index >= 15 is 0 Å². The molecule has 0 saturated carbocycles. The van der Waals surface area contributed by atoms with E-state index in [9.17, 15) is 24.0 Å². The Bertz CT molecular complexity index is 7290. The van der Waals surface area contributed by atoms with Crippen molar-refractivity contribution >= 4 is 100.0 Å². The highest BCUT2D eigenvalue weighted by Gasteiger charge is 2.19. The van der Waals surface area contributed by atoms with Crippen LogP contribution in [-0.2, 0) is 0 Å². The minimum absolute atomic E-state index is 0.00683. The maximum Gasteiger partial charge on any atom is 0.191 e. The summed E-state index contributed by atoms with van der Waals surface area (Å²) < 4.78 is 9.59. The fourth-order valence-electron chi connectivity index (χ4n) is 13.6. The number of pyridine rings is 7. The quantitative estimate of drug-likeness (QED) is 0.0532. The second-order valence-corrected chi connectivity index (χ2v) is 42.3. The summed E-state index contributed by atoms with van der Waals surface area (Å²) in [5, 5.41) is 23.5. The summed E-state index contributed by atoms with van der Waals surface area (Å²) in [4.78, 5) is 108. The highest BCUT2D eigenvalue weighted by molar-refractivity contribution is 7.13. The number of ether oxygens (including phenoxy) is 1. The SMILES string of the molecule is CC(C)C.CC(C)C.CC(C)C.CC(C)C.CC(C)C.Cc1ccc2c(=O)cc(-c3ccn(C(C)C)n3)[nH]c2c1.Cc1ccc2c(=O)cc(-c3nc(C(C)C)cs3)[nH]c2c1.Cc1ccc2c(=O)cc(-c3nccc(C)n3)[nH]c2c1.Cc1ccc2c(=O)cc(-c3nccc(C)n3)[nH]c2c1.Cc1ccc2c(=O)cc(-n3ccc(NC(C)C)n3)[nH]c2c1.Cc1ccc2c(OC(C)C)cc(-c3cccc(NC(C)C)n3)nc2c1Cl. The summed E-state index contributed by atoms with van der Waals surface area (Å²) >= 11 is 8.11. The molecule has 0 atom stereocenters. The molecule has 18 rings (SSSR count). The number of nitrogens with zero attached hydrogens (tertiary/aromatic N) is 11. The smallest absolute Gasteiger partial charge is 0.191 e. The molecule has 0 unspecified atom stereocenters. The first-order chi connectivity index (χ1) is 68.4. The zero-order valence-electron chi connectivity index (χ0n) is 91.1. The average molecular weight is 2000 g/mol. The van der Waals surface area contributed by atoms with Crippen LogP contribution in [0.1, 0.15) is 236 Å².